The molecule has 1 aromatic carbocycles. The van der Waals surface area contributed by atoms with Crippen molar-refractivity contribution in [3.8, 4) is 0 Å². The highest BCUT2D eigenvalue weighted by atomic mass is 79.9. The van der Waals surface area contributed by atoms with Gasteiger partial charge in [0.1, 0.15) is 0 Å². The first-order chi connectivity index (χ1) is 9.06. The Labute approximate surface area is 117 Å². The van der Waals surface area contributed by atoms with Gasteiger partial charge in [0.2, 0.25) is 0 Å². The Hall–Kier alpha value is -1.76. The number of carbonyl (C=O) groups is 2. The van der Waals surface area contributed by atoms with Crippen molar-refractivity contribution in [2.75, 3.05) is 11.9 Å². The summed E-state index contributed by atoms with van der Waals surface area (Å²) >= 11 is 3.28. The van der Waals surface area contributed by atoms with E-state index in [4.69, 9.17) is 0 Å². The average Bonchev–Trinajstić information content (AvgIpc) is 2.63. The minimum absolute atomic E-state index is 0.123. The molecule has 1 heterocycles. The molecule has 2 amide bonds. The zero-order valence-corrected chi connectivity index (χ0v) is 11.6. The van der Waals surface area contributed by atoms with E-state index >= 15 is 0 Å². The largest absolute Gasteiger partial charge is 0.274 e. The van der Waals surface area contributed by atoms with Gasteiger partial charge in [0.15, 0.2) is 0 Å². The van der Waals surface area contributed by atoms with Gasteiger partial charge >= 0.3 is 0 Å². The first-order valence-corrected chi connectivity index (χ1v) is 6.89. The average molecular weight is 327 g/mol. The molecule has 7 heteroatoms. The van der Waals surface area contributed by atoms with Crippen LogP contribution in [-0.4, -0.2) is 33.5 Å². The monoisotopic (exact) mass is 326 g/mol. The number of halogens is 1. The highest BCUT2D eigenvalue weighted by Crippen LogP contribution is 2.26. The van der Waals surface area contributed by atoms with E-state index in [9.17, 15) is 19.7 Å². The van der Waals surface area contributed by atoms with E-state index < -0.39 is 10.8 Å². The number of nitro benzene ring substituents is 1. The first-order valence-electron chi connectivity index (χ1n) is 5.77. The Balaban J connectivity index is 2.26. The van der Waals surface area contributed by atoms with Gasteiger partial charge in [-0.1, -0.05) is 15.9 Å². The minimum atomic E-state index is -0.578. The summed E-state index contributed by atoms with van der Waals surface area (Å²) in [4.78, 5) is 35.3. The van der Waals surface area contributed by atoms with Crippen molar-refractivity contribution in [3.63, 3.8) is 0 Å². The summed E-state index contributed by atoms with van der Waals surface area (Å²) in [6.07, 6.45) is 1.56. The molecule has 0 N–H and O–H groups in total. The molecule has 0 fully saturated rings. The number of unbranched alkanes of at least 4 members (excludes halogenated alkanes) is 1. The van der Waals surface area contributed by atoms with E-state index in [1.165, 1.54) is 18.2 Å². The third-order valence-electron chi connectivity index (χ3n) is 2.93. The molecule has 2 rings (SSSR count). The Morgan fingerprint density at radius 2 is 1.84 bits per heavy atom. The molecule has 0 bridgehead atoms. The molecule has 1 aliphatic heterocycles. The zero-order chi connectivity index (χ0) is 14.0. The summed E-state index contributed by atoms with van der Waals surface area (Å²) in [5.74, 6) is -0.817. The predicted octanol–water partition coefficient (Wildman–Crippen LogP) is 2.37. The molecule has 0 aliphatic carbocycles. The van der Waals surface area contributed by atoms with Crippen LogP contribution in [0.2, 0.25) is 0 Å². The van der Waals surface area contributed by atoms with Crippen molar-refractivity contribution >= 4 is 33.4 Å². The standard InChI is InChI=1S/C12H11BrN2O4/c13-5-1-2-6-14-11(16)9-4-3-8(15(18)19)7-10(9)12(14)17/h3-4,7H,1-2,5-6H2. The smallest absolute Gasteiger partial charge is 0.270 e. The van der Waals surface area contributed by atoms with Crippen LogP contribution < -0.4 is 0 Å². The maximum Gasteiger partial charge on any atom is 0.270 e. The second-order valence-electron chi connectivity index (χ2n) is 4.15. The van der Waals surface area contributed by atoms with Crippen LogP contribution in [0.15, 0.2) is 18.2 Å². The van der Waals surface area contributed by atoms with E-state index in [1.807, 2.05) is 0 Å². The fourth-order valence-electron chi connectivity index (χ4n) is 1.96. The Morgan fingerprint density at radius 3 is 2.47 bits per heavy atom. The maximum atomic E-state index is 12.0. The number of hydrogen-bond acceptors (Lipinski definition) is 4. The normalized spacial score (nSPS) is 13.8. The van der Waals surface area contributed by atoms with Crippen LogP contribution in [0.4, 0.5) is 5.69 Å². The van der Waals surface area contributed by atoms with Crippen molar-refractivity contribution in [1.29, 1.82) is 0 Å². The number of non-ortho nitro benzene ring substituents is 1. The molecule has 0 spiro atoms. The van der Waals surface area contributed by atoms with Gasteiger partial charge in [-0.3, -0.25) is 24.6 Å². The van der Waals surface area contributed by atoms with Gasteiger partial charge in [-0.05, 0) is 18.9 Å². The van der Waals surface area contributed by atoms with Gasteiger partial charge in [0.05, 0.1) is 16.1 Å². The van der Waals surface area contributed by atoms with E-state index in [1.54, 1.807) is 0 Å². The molecule has 1 aliphatic rings. The molecule has 0 saturated carbocycles. The van der Waals surface area contributed by atoms with Crippen LogP contribution in [0.3, 0.4) is 0 Å². The van der Waals surface area contributed by atoms with E-state index in [-0.39, 0.29) is 22.7 Å². The summed E-state index contributed by atoms with van der Waals surface area (Å²) in [5, 5.41) is 11.5. The van der Waals surface area contributed by atoms with Crippen molar-refractivity contribution in [3.05, 3.63) is 39.4 Å². The highest BCUT2D eigenvalue weighted by Gasteiger charge is 2.36. The molecule has 0 atom stereocenters. The third kappa shape index (κ3) is 2.51. The molecule has 0 radical (unpaired) electrons. The van der Waals surface area contributed by atoms with Crippen LogP contribution >= 0.6 is 15.9 Å². The number of imide groups is 1. The number of hydrogen-bond donors (Lipinski definition) is 0. The summed E-state index contributed by atoms with van der Waals surface area (Å²) in [7, 11) is 0. The van der Waals surface area contributed by atoms with Gasteiger partial charge in [0.25, 0.3) is 17.5 Å². The summed E-state index contributed by atoms with van der Waals surface area (Å²) in [6, 6.07) is 3.75. The number of alkyl halides is 1. The molecule has 100 valence electrons. The van der Waals surface area contributed by atoms with Crippen molar-refractivity contribution in [2.45, 2.75) is 12.8 Å². The fraction of sp³-hybridized carbons (Fsp3) is 0.333. The SMILES string of the molecule is O=C1c2ccc([N+](=O)[O-])cc2C(=O)N1CCCCBr. The molecule has 1 aromatic rings. The minimum Gasteiger partial charge on any atom is -0.274 e. The topological polar surface area (TPSA) is 80.5 Å². The fourth-order valence-corrected chi connectivity index (χ4v) is 2.36. The molecule has 0 aromatic heterocycles. The first kappa shape index (κ1) is 13.7. The molecular weight excluding hydrogens is 316 g/mol. The summed E-state index contributed by atoms with van der Waals surface area (Å²) in [5.41, 5.74) is 0.190. The van der Waals surface area contributed by atoms with Crippen LogP contribution in [0.1, 0.15) is 33.6 Å². The van der Waals surface area contributed by atoms with Crippen LogP contribution in [0.25, 0.3) is 0 Å². The Morgan fingerprint density at radius 1 is 1.16 bits per heavy atom. The van der Waals surface area contributed by atoms with Crippen molar-refractivity contribution in [2.24, 2.45) is 0 Å². The second-order valence-corrected chi connectivity index (χ2v) is 4.94. The Kier molecular flexibility index (Phi) is 3.94. The predicted molar refractivity (Wildman–Crippen MR) is 71.5 cm³/mol. The van der Waals surface area contributed by atoms with Crippen LogP contribution in [-0.2, 0) is 0 Å². The quantitative estimate of drug-likeness (QED) is 0.273. The second kappa shape index (κ2) is 5.48. The number of benzene rings is 1. The Bertz CT molecular complexity index is 559. The van der Waals surface area contributed by atoms with Crippen molar-refractivity contribution < 1.29 is 14.5 Å². The number of rotatable bonds is 5. The van der Waals surface area contributed by atoms with Crippen molar-refractivity contribution in [1.82, 2.24) is 4.90 Å². The van der Waals surface area contributed by atoms with Crippen LogP contribution in [0, 0.1) is 10.1 Å². The van der Waals surface area contributed by atoms with E-state index in [0.29, 0.717) is 13.0 Å². The summed E-state index contributed by atoms with van der Waals surface area (Å²) in [6.45, 7) is 0.339. The number of nitro groups is 1. The van der Waals surface area contributed by atoms with Gasteiger partial charge in [-0.15, -0.1) is 0 Å². The number of carbonyl (C=O) groups excluding carboxylic acids is 2. The molecule has 0 saturated heterocycles. The highest BCUT2D eigenvalue weighted by molar-refractivity contribution is 9.09. The molecule has 0 unspecified atom stereocenters. The van der Waals surface area contributed by atoms with Gasteiger partial charge in [0, 0.05) is 24.0 Å². The van der Waals surface area contributed by atoms with Gasteiger partial charge in [-0.2, -0.15) is 0 Å². The lowest BCUT2D eigenvalue weighted by Crippen LogP contribution is -2.30. The molecule has 6 nitrogen and oxygen atoms in total. The maximum absolute atomic E-state index is 12.0. The molecule has 19 heavy (non-hydrogen) atoms. The number of nitrogens with zero attached hydrogens (tertiary/aromatic N) is 2. The summed E-state index contributed by atoms with van der Waals surface area (Å²) < 4.78 is 0. The lowest BCUT2D eigenvalue weighted by molar-refractivity contribution is -0.384. The lowest BCUT2D eigenvalue weighted by Gasteiger charge is -2.12. The zero-order valence-electron chi connectivity index (χ0n) is 9.97. The number of amides is 2. The third-order valence-corrected chi connectivity index (χ3v) is 3.49. The van der Waals surface area contributed by atoms with Gasteiger partial charge in [-0.25, -0.2) is 0 Å². The lowest BCUT2D eigenvalue weighted by atomic mass is 10.1. The van der Waals surface area contributed by atoms with E-state index in [0.717, 1.165) is 16.7 Å². The molecular formula is C12H11BrN2O4. The van der Waals surface area contributed by atoms with Crippen LogP contribution in [0.5, 0.6) is 0 Å². The number of fused-ring (bicyclic) bond motifs is 1. The van der Waals surface area contributed by atoms with Gasteiger partial charge < -0.3 is 0 Å². The van der Waals surface area contributed by atoms with E-state index in [2.05, 4.69) is 15.9 Å².